The zero-order valence-corrected chi connectivity index (χ0v) is 11.7. The minimum Gasteiger partial charge on any atom is -0.329 e. The first-order chi connectivity index (χ1) is 9.10. The number of rotatable bonds is 6. The molecule has 0 spiro atoms. The summed E-state index contributed by atoms with van der Waals surface area (Å²) in [4.78, 5) is 11.3. The molecule has 4 nitrogen and oxygen atoms in total. The van der Waals surface area contributed by atoms with E-state index in [0.717, 1.165) is 24.2 Å². The molecule has 1 unspecified atom stereocenters. The first kappa shape index (κ1) is 14.0. The topological polar surface area (TPSA) is 67.1 Å². The summed E-state index contributed by atoms with van der Waals surface area (Å²) in [6.07, 6.45) is 1.47. The van der Waals surface area contributed by atoms with Crippen LogP contribution in [0.15, 0.2) is 18.2 Å². The fourth-order valence-corrected chi connectivity index (χ4v) is 2.43. The van der Waals surface area contributed by atoms with Crippen molar-refractivity contribution in [2.24, 2.45) is 11.7 Å². The Labute approximate surface area is 114 Å². The molecule has 1 atom stereocenters. The van der Waals surface area contributed by atoms with Crippen molar-refractivity contribution in [2.45, 2.75) is 32.7 Å². The van der Waals surface area contributed by atoms with Gasteiger partial charge in [-0.1, -0.05) is 26.0 Å². The molecule has 4 heteroatoms. The molecule has 19 heavy (non-hydrogen) atoms. The summed E-state index contributed by atoms with van der Waals surface area (Å²) < 4.78 is 0. The van der Waals surface area contributed by atoms with Crippen LogP contribution in [0.2, 0.25) is 0 Å². The van der Waals surface area contributed by atoms with Crippen LogP contribution in [0.5, 0.6) is 0 Å². The van der Waals surface area contributed by atoms with Gasteiger partial charge in [0.25, 0.3) is 0 Å². The van der Waals surface area contributed by atoms with Gasteiger partial charge in [0, 0.05) is 18.3 Å². The van der Waals surface area contributed by atoms with E-state index in [1.165, 1.54) is 5.56 Å². The predicted octanol–water partition coefficient (Wildman–Crippen LogP) is 1.30. The summed E-state index contributed by atoms with van der Waals surface area (Å²) >= 11 is 0. The van der Waals surface area contributed by atoms with Crippen LogP contribution >= 0.6 is 0 Å². The minimum atomic E-state index is 0.0910. The number of amides is 1. The molecule has 1 aliphatic heterocycles. The van der Waals surface area contributed by atoms with Gasteiger partial charge >= 0.3 is 0 Å². The number of nitrogens with one attached hydrogen (secondary N) is 2. The van der Waals surface area contributed by atoms with Crippen molar-refractivity contribution >= 4 is 11.6 Å². The first-order valence-electron chi connectivity index (χ1n) is 6.95. The van der Waals surface area contributed by atoms with Crippen LogP contribution in [0.25, 0.3) is 0 Å². The summed E-state index contributed by atoms with van der Waals surface area (Å²) in [6.45, 7) is 5.94. The third-order valence-electron chi connectivity index (χ3n) is 3.67. The van der Waals surface area contributed by atoms with E-state index in [4.69, 9.17) is 5.73 Å². The highest BCUT2D eigenvalue weighted by Crippen LogP contribution is 2.23. The SMILES string of the molecule is CC(C)C(CN)NCCc1ccc2c(c1)CC(=O)N2. The van der Waals surface area contributed by atoms with Gasteiger partial charge in [0.2, 0.25) is 5.91 Å². The van der Waals surface area contributed by atoms with Crippen molar-refractivity contribution in [1.29, 1.82) is 0 Å². The molecular weight excluding hydrogens is 238 g/mol. The van der Waals surface area contributed by atoms with Crippen molar-refractivity contribution in [3.63, 3.8) is 0 Å². The lowest BCUT2D eigenvalue weighted by Gasteiger charge is -2.20. The largest absolute Gasteiger partial charge is 0.329 e. The molecule has 1 heterocycles. The van der Waals surface area contributed by atoms with Crippen LogP contribution < -0.4 is 16.4 Å². The highest BCUT2D eigenvalue weighted by atomic mass is 16.1. The molecule has 0 saturated carbocycles. The van der Waals surface area contributed by atoms with E-state index in [0.29, 0.717) is 24.9 Å². The maximum atomic E-state index is 11.3. The maximum Gasteiger partial charge on any atom is 0.228 e. The predicted molar refractivity (Wildman–Crippen MR) is 78.2 cm³/mol. The van der Waals surface area contributed by atoms with Crippen LogP contribution in [-0.4, -0.2) is 25.0 Å². The van der Waals surface area contributed by atoms with Crippen LogP contribution in [0, 0.1) is 5.92 Å². The molecule has 0 bridgehead atoms. The fraction of sp³-hybridized carbons (Fsp3) is 0.533. The van der Waals surface area contributed by atoms with Gasteiger partial charge in [0.15, 0.2) is 0 Å². The monoisotopic (exact) mass is 261 g/mol. The Hall–Kier alpha value is -1.39. The third kappa shape index (κ3) is 3.55. The third-order valence-corrected chi connectivity index (χ3v) is 3.67. The van der Waals surface area contributed by atoms with Crippen LogP contribution in [-0.2, 0) is 17.6 Å². The number of hydrogen-bond donors (Lipinski definition) is 3. The number of benzene rings is 1. The van der Waals surface area contributed by atoms with Crippen molar-refractivity contribution < 1.29 is 4.79 Å². The van der Waals surface area contributed by atoms with E-state index in [1.807, 2.05) is 6.07 Å². The Morgan fingerprint density at radius 3 is 2.89 bits per heavy atom. The molecular formula is C15H23N3O. The average molecular weight is 261 g/mol. The van der Waals surface area contributed by atoms with Gasteiger partial charge in [-0.25, -0.2) is 0 Å². The molecule has 0 fully saturated rings. The summed E-state index contributed by atoms with van der Waals surface area (Å²) in [5.74, 6) is 0.639. The second kappa shape index (κ2) is 6.17. The summed E-state index contributed by atoms with van der Waals surface area (Å²) in [5.41, 5.74) is 9.07. The Morgan fingerprint density at radius 1 is 1.42 bits per heavy atom. The number of carbonyl (C=O) groups is 1. The van der Waals surface area contributed by atoms with E-state index < -0.39 is 0 Å². The minimum absolute atomic E-state index is 0.0910. The lowest BCUT2D eigenvalue weighted by molar-refractivity contribution is -0.115. The number of nitrogens with two attached hydrogens (primary N) is 1. The molecule has 0 aromatic heterocycles. The van der Waals surface area contributed by atoms with Gasteiger partial charge in [-0.2, -0.15) is 0 Å². The quantitative estimate of drug-likeness (QED) is 0.723. The van der Waals surface area contributed by atoms with Gasteiger partial charge in [0.05, 0.1) is 6.42 Å². The highest BCUT2D eigenvalue weighted by Gasteiger charge is 2.17. The summed E-state index contributed by atoms with van der Waals surface area (Å²) in [6, 6.07) is 6.58. The van der Waals surface area contributed by atoms with Crippen molar-refractivity contribution in [1.82, 2.24) is 5.32 Å². The molecule has 0 saturated heterocycles. The fourth-order valence-electron chi connectivity index (χ4n) is 2.43. The second-order valence-corrected chi connectivity index (χ2v) is 5.51. The standard InChI is InChI=1S/C15H23N3O/c1-10(2)14(9-16)17-6-5-11-3-4-13-12(7-11)8-15(19)18-13/h3-4,7,10,14,17H,5-6,8-9,16H2,1-2H3,(H,18,19). The smallest absolute Gasteiger partial charge is 0.228 e. The molecule has 104 valence electrons. The maximum absolute atomic E-state index is 11.3. The Balaban J connectivity index is 1.87. The van der Waals surface area contributed by atoms with Gasteiger partial charge < -0.3 is 16.4 Å². The molecule has 0 radical (unpaired) electrons. The van der Waals surface area contributed by atoms with Gasteiger partial charge in [-0.15, -0.1) is 0 Å². The van der Waals surface area contributed by atoms with E-state index >= 15 is 0 Å². The van der Waals surface area contributed by atoms with E-state index in [-0.39, 0.29) is 5.91 Å². The van der Waals surface area contributed by atoms with E-state index in [9.17, 15) is 4.79 Å². The second-order valence-electron chi connectivity index (χ2n) is 5.51. The molecule has 1 aliphatic rings. The van der Waals surface area contributed by atoms with E-state index in [1.54, 1.807) is 0 Å². The lowest BCUT2D eigenvalue weighted by atomic mass is 10.0. The van der Waals surface area contributed by atoms with Gasteiger partial charge in [-0.3, -0.25) is 4.79 Å². The lowest BCUT2D eigenvalue weighted by Crippen LogP contribution is -2.41. The molecule has 4 N–H and O–H groups in total. The van der Waals surface area contributed by atoms with E-state index in [2.05, 4.69) is 36.6 Å². The van der Waals surface area contributed by atoms with Crippen molar-refractivity contribution in [2.75, 3.05) is 18.4 Å². The van der Waals surface area contributed by atoms with Crippen LogP contribution in [0.1, 0.15) is 25.0 Å². The first-order valence-corrected chi connectivity index (χ1v) is 6.95. The highest BCUT2D eigenvalue weighted by molar-refractivity contribution is 5.99. The molecule has 2 rings (SSSR count). The zero-order valence-electron chi connectivity index (χ0n) is 11.7. The summed E-state index contributed by atoms with van der Waals surface area (Å²) in [5, 5.41) is 6.34. The Bertz CT molecular complexity index is 457. The van der Waals surface area contributed by atoms with Crippen molar-refractivity contribution in [3.05, 3.63) is 29.3 Å². The molecule has 0 aliphatic carbocycles. The number of fused-ring (bicyclic) bond motifs is 1. The zero-order chi connectivity index (χ0) is 13.8. The van der Waals surface area contributed by atoms with Crippen molar-refractivity contribution in [3.8, 4) is 0 Å². The number of anilines is 1. The van der Waals surface area contributed by atoms with Crippen LogP contribution in [0.3, 0.4) is 0 Å². The number of hydrogen-bond acceptors (Lipinski definition) is 3. The van der Waals surface area contributed by atoms with Gasteiger partial charge in [0.1, 0.15) is 0 Å². The number of carbonyl (C=O) groups excluding carboxylic acids is 1. The Morgan fingerprint density at radius 2 is 2.21 bits per heavy atom. The normalized spacial score (nSPS) is 15.5. The van der Waals surface area contributed by atoms with Crippen LogP contribution in [0.4, 0.5) is 5.69 Å². The Kier molecular flexibility index (Phi) is 4.56. The summed E-state index contributed by atoms with van der Waals surface area (Å²) in [7, 11) is 0. The molecule has 1 aromatic rings. The average Bonchev–Trinajstić information content (AvgIpc) is 2.73. The van der Waals surface area contributed by atoms with Gasteiger partial charge in [-0.05, 0) is 36.1 Å². The molecule has 1 amide bonds. The molecule has 1 aromatic carbocycles.